The first kappa shape index (κ1) is 17.8. The second-order valence-electron chi connectivity index (χ2n) is 5.67. The average molecular weight is 367 g/mol. The maximum absolute atomic E-state index is 13.2. The Bertz CT molecular complexity index is 698. The van der Waals surface area contributed by atoms with Crippen molar-refractivity contribution in [1.82, 2.24) is 15.3 Å². The quantitative estimate of drug-likeness (QED) is 0.734. The Morgan fingerprint density at radius 3 is 3.12 bits per heavy atom. The molecule has 134 valence electrons. The molecule has 2 N–H and O–H groups in total. The summed E-state index contributed by atoms with van der Waals surface area (Å²) in [5.74, 6) is 0.0866. The van der Waals surface area contributed by atoms with Crippen LogP contribution in [0.15, 0.2) is 30.5 Å². The summed E-state index contributed by atoms with van der Waals surface area (Å²) in [7, 11) is 0. The highest BCUT2D eigenvalue weighted by atomic mass is 35.5. The Labute approximate surface area is 150 Å². The molecule has 1 aliphatic rings. The number of nitrogens with one attached hydrogen (secondary N) is 2. The molecule has 1 aliphatic heterocycles. The topological polar surface area (TPSA) is 68.3 Å². The molecular formula is C17H20ClFN4O2. The highest BCUT2D eigenvalue weighted by molar-refractivity contribution is 6.31. The predicted molar refractivity (Wildman–Crippen MR) is 94.1 cm³/mol. The molecule has 1 aromatic heterocycles. The van der Waals surface area contributed by atoms with Gasteiger partial charge in [-0.05, 0) is 37.1 Å². The van der Waals surface area contributed by atoms with Crippen molar-refractivity contribution in [3.05, 3.63) is 41.3 Å². The molecule has 25 heavy (non-hydrogen) atoms. The minimum absolute atomic E-state index is 0.0509. The van der Waals surface area contributed by atoms with Crippen LogP contribution in [0.4, 0.5) is 15.9 Å². The summed E-state index contributed by atoms with van der Waals surface area (Å²) >= 11 is 5.77. The van der Waals surface area contributed by atoms with E-state index in [1.165, 1.54) is 12.1 Å². The largest absolute Gasteiger partial charge is 0.463 e. The van der Waals surface area contributed by atoms with Crippen LogP contribution in [0.1, 0.15) is 12.8 Å². The smallest absolute Gasteiger partial charge is 0.318 e. The highest BCUT2D eigenvalue weighted by Gasteiger charge is 2.12. The molecule has 1 fully saturated rings. The van der Waals surface area contributed by atoms with Gasteiger partial charge in [0.15, 0.2) is 0 Å². The molecule has 1 aromatic carbocycles. The van der Waals surface area contributed by atoms with Crippen molar-refractivity contribution in [3.8, 4) is 6.01 Å². The fraction of sp³-hybridized carbons (Fsp3) is 0.412. The van der Waals surface area contributed by atoms with Crippen LogP contribution in [0.5, 0.6) is 6.01 Å². The molecule has 3 rings (SSSR count). The zero-order chi connectivity index (χ0) is 17.5. The van der Waals surface area contributed by atoms with Crippen LogP contribution in [-0.2, 0) is 4.74 Å². The van der Waals surface area contributed by atoms with E-state index >= 15 is 0 Å². The van der Waals surface area contributed by atoms with Gasteiger partial charge >= 0.3 is 6.01 Å². The van der Waals surface area contributed by atoms with Gasteiger partial charge in [0.1, 0.15) is 11.6 Å². The molecule has 2 heterocycles. The second-order valence-corrected chi connectivity index (χ2v) is 6.07. The SMILES string of the molecule is Fc1ccc(Nc2ccnc(OCCCC3CNCCO3)n2)cc1Cl. The van der Waals surface area contributed by atoms with Gasteiger partial charge in [-0.3, -0.25) is 0 Å². The Morgan fingerprint density at radius 1 is 1.40 bits per heavy atom. The molecule has 0 spiro atoms. The number of nitrogens with zero attached hydrogens (tertiary/aromatic N) is 2. The lowest BCUT2D eigenvalue weighted by molar-refractivity contribution is 0.0202. The van der Waals surface area contributed by atoms with Crippen molar-refractivity contribution in [2.75, 3.05) is 31.6 Å². The van der Waals surface area contributed by atoms with E-state index < -0.39 is 5.82 Å². The van der Waals surface area contributed by atoms with Crippen LogP contribution in [0, 0.1) is 5.82 Å². The minimum atomic E-state index is -0.462. The fourth-order valence-electron chi connectivity index (χ4n) is 2.48. The Hall–Kier alpha value is -1.96. The molecule has 1 atom stereocenters. The molecule has 0 saturated carbocycles. The van der Waals surface area contributed by atoms with Crippen molar-refractivity contribution >= 4 is 23.1 Å². The Balaban J connectivity index is 1.48. The van der Waals surface area contributed by atoms with E-state index in [-0.39, 0.29) is 11.1 Å². The van der Waals surface area contributed by atoms with Gasteiger partial charge in [0, 0.05) is 25.0 Å². The maximum atomic E-state index is 13.2. The minimum Gasteiger partial charge on any atom is -0.463 e. The summed E-state index contributed by atoms with van der Waals surface area (Å²) in [6, 6.07) is 6.37. The highest BCUT2D eigenvalue weighted by Crippen LogP contribution is 2.22. The van der Waals surface area contributed by atoms with Crippen molar-refractivity contribution in [2.45, 2.75) is 18.9 Å². The van der Waals surface area contributed by atoms with Gasteiger partial charge in [-0.1, -0.05) is 11.6 Å². The van der Waals surface area contributed by atoms with E-state index in [0.717, 1.165) is 32.5 Å². The number of anilines is 2. The van der Waals surface area contributed by atoms with Crippen LogP contribution >= 0.6 is 11.6 Å². The molecule has 6 nitrogen and oxygen atoms in total. The number of rotatable bonds is 7. The summed E-state index contributed by atoms with van der Waals surface area (Å²) in [5.41, 5.74) is 0.637. The van der Waals surface area contributed by atoms with Crippen LogP contribution in [0.2, 0.25) is 5.02 Å². The van der Waals surface area contributed by atoms with E-state index in [2.05, 4.69) is 20.6 Å². The van der Waals surface area contributed by atoms with Gasteiger partial charge < -0.3 is 20.1 Å². The summed E-state index contributed by atoms with van der Waals surface area (Å²) in [6.45, 7) is 3.08. The third kappa shape index (κ3) is 5.52. The normalized spacial score (nSPS) is 17.3. The number of ether oxygens (including phenoxy) is 2. The molecule has 0 amide bonds. The second kappa shape index (κ2) is 8.94. The van der Waals surface area contributed by atoms with Crippen molar-refractivity contribution in [2.24, 2.45) is 0 Å². The number of benzene rings is 1. The lowest BCUT2D eigenvalue weighted by Crippen LogP contribution is -2.38. The van der Waals surface area contributed by atoms with Gasteiger partial charge in [0.2, 0.25) is 0 Å². The summed E-state index contributed by atoms with van der Waals surface area (Å²) in [4.78, 5) is 8.37. The third-order valence-corrected chi connectivity index (χ3v) is 4.02. The molecule has 1 unspecified atom stereocenters. The standard InChI is InChI=1S/C17H20ClFN4O2/c18-14-10-12(3-4-15(14)19)22-16-5-6-21-17(23-16)25-8-1-2-13-11-20-7-9-24-13/h3-6,10,13,20H,1-2,7-9,11H2,(H,21,22,23). The first-order chi connectivity index (χ1) is 12.2. The van der Waals surface area contributed by atoms with E-state index in [1.54, 1.807) is 18.3 Å². The average Bonchev–Trinajstić information content (AvgIpc) is 2.63. The van der Waals surface area contributed by atoms with E-state index in [1.807, 2.05) is 0 Å². The lowest BCUT2D eigenvalue weighted by Gasteiger charge is -2.23. The molecule has 0 aliphatic carbocycles. The van der Waals surface area contributed by atoms with Crippen molar-refractivity contribution in [3.63, 3.8) is 0 Å². The molecule has 2 aromatic rings. The van der Waals surface area contributed by atoms with Gasteiger partial charge in [-0.2, -0.15) is 4.98 Å². The zero-order valence-corrected chi connectivity index (χ0v) is 14.4. The molecule has 1 saturated heterocycles. The van der Waals surface area contributed by atoms with Gasteiger partial charge in [0.05, 0.1) is 24.3 Å². The lowest BCUT2D eigenvalue weighted by atomic mass is 10.2. The van der Waals surface area contributed by atoms with E-state index in [9.17, 15) is 4.39 Å². The maximum Gasteiger partial charge on any atom is 0.318 e. The molecule has 0 bridgehead atoms. The zero-order valence-electron chi connectivity index (χ0n) is 13.7. The van der Waals surface area contributed by atoms with Crippen molar-refractivity contribution < 1.29 is 13.9 Å². The first-order valence-electron chi connectivity index (χ1n) is 8.21. The monoisotopic (exact) mass is 366 g/mol. The Kier molecular flexibility index (Phi) is 6.38. The van der Waals surface area contributed by atoms with E-state index in [4.69, 9.17) is 21.1 Å². The third-order valence-electron chi connectivity index (χ3n) is 3.73. The Morgan fingerprint density at radius 2 is 2.32 bits per heavy atom. The van der Waals surface area contributed by atoms with Crippen molar-refractivity contribution in [1.29, 1.82) is 0 Å². The fourth-order valence-corrected chi connectivity index (χ4v) is 2.66. The van der Waals surface area contributed by atoms with Crippen LogP contribution in [0.3, 0.4) is 0 Å². The van der Waals surface area contributed by atoms with Crippen LogP contribution < -0.4 is 15.4 Å². The number of aromatic nitrogens is 2. The molecule has 8 heteroatoms. The number of hydrogen-bond donors (Lipinski definition) is 2. The predicted octanol–water partition coefficient (Wildman–Crippen LogP) is 3.16. The molecular weight excluding hydrogens is 347 g/mol. The number of morpholine rings is 1. The number of halogens is 2. The summed E-state index contributed by atoms with van der Waals surface area (Å²) in [6.07, 6.45) is 3.64. The molecule has 0 radical (unpaired) electrons. The van der Waals surface area contributed by atoms with Crippen LogP contribution in [-0.4, -0.2) is 42.4 Å². The number of hydrogen-bond acceptors (Lipinski definition) is 6. The summed E-state index contributed by atoms with van der Waals surface area (Å²) in [5, 5.41) is 6.39. The van der Waals surface area contributed by atoms with Gasteiger partial charge in [0.25, 0.3) is 0 Å². The van der Waals surface area contributed by atoms with E-state index in [0.29, 0.717) is 24.1 Å². The van der Waals surface area contributed by atoms with Gasteiger partial charge in [-0.25, -0.2) is 9.37 Å². The first-order valence-corrected chi connectivity index (χ1v) is 8.59. The van der Waals surface area contributed by atoms with Crippen LogP contribution in [0.25, 0.3) is 0 Å². The summed E-state index contributed by atoms with van der Waals surface area (Å²) < 4.78 is 24.4. The van der Waals surface area contributed by atoms with Gasteiger partial charge in [-0.15, -0.1) is 0 Å².